The van der Waals surface area contributed by atoms with Crippen molar-refractivity contribution in [1.29, 1.82) is 0 Å². The van der Waals surface area contributed by atoms with Crippen LogP contribution in [0.2, 0.25) is 5.22 Å². The van der Waals surface area contributed by atoms with Gasteiger partial charge in [-0.05, 0) is 17.7 Å². The van der Waals surface area contributed by atoms with E-state index in [0.717, 1.165) is 0 Å². The van der Waals surface area contributed by atoms with Crippen LogP contribution in [0.1, 0.15) is 16.8 Å². The van der Waals surface area contributed by atoms with E-state index < -0.39 is 0 Å². The Balaban J connectivity index is 2.70. The number of furan rings is 1. The second kappa shape index (κ2) is 7.81. The van der Waals surface area contributed by atoms with E-state index in [1.807, 2.05) is 0 Å². The Hall–Kier alpha value is -1.53. The highest BCUT2D eigenvalue weighted by Gasteiger charge is 2.20. The lowest BCUT2D eigenvalue weighted by molar-refractivity contribution is -0.140. The Morgan fingerprint density at radius 1 is 1.37 bits per heavy atom. The molecule has 1 amide bonds. The lowest BCUT2D eigenvalue weighted by Gasteiger charge is -2.21. The molecule has 0 aliphatic carbocycles. The molecule has 0 saturated carbocycles. The molecule has 0 fully saturated rings. The Bertz CT molecular complexity index is 432. The summed E-state index contributed by atoms with van der Waals surface area (Å²) in [6.45, 7) is 0.951. The fourth-order valence-corrected chi connectivity index (χ4v) is 1.66. The number of halogens is 1. The molecule has 0 radical (unpaired) electrons. The average Bonchev–Trinajstić information content (AvgIpc) is 2.84. The summed E-state index contributed by atoms with van der Waals surface area (Å²) in [7, 11) is 2.84. The number of rotatable bonds is 7. The SMILES string of the molecule is COCCN(CCC(=O)OC)C(=O)c1ccoc1Cl. The summed E-state index contributed by atoms with van der Waals surface area (Å²) in [5.41, 5.74) is 0.266. The fraction of sp³-hybridized carbons (Fsp3) is 0.500. The van der Waals surface area contributed by atoms with Crippen LogP contribution in [0.15, 0.2) is 16.7 Å². The molecule has 1 rings (SSSR count). The number of carbonyl (C=O) groups is 2. The zero-order chi connectivity index (χ0) is 14.3. The Morgan fingerprint density at radius 2 is 2.11 bits per heavy atom. The van der Waals surface area contributed by atoms with Crippen molar-refractivity contribution in [3.8, 4) is 0 Å². The monoisotopic (exact) mass is 289 g/mol. The molecule has 0 aliphatic rings. The molecule has 0 bridgehead atoms. The van der Waals surface area contributed by atoms with Gasteiger partial charge in [0.05, 0.1) is 32.0 Å². The average molecular weight is 290 g/mol. The first-order chi connectivity index (χ1) is 9.10. The number of nitrogens with zero attached hydrogens (tertiary/aromatic N) is 1. The van der Waals surface area contributed by atoms with E-state index in [1.165, 1.54) is 31.4 Å². The molecule has 1 aromatic heterocycles. The summed E-state index contributed by atoms with van der Waals surface area (Å²) >= 11 is 5.77. The number of hydrogen-bond donors (Lipinski definition) is 0. The molecule has 19 heavy (non-hydrogen) atoms. The summed E-state index contributed by atoms with van der Waals surface area (Å²) in [5, 5.41) is 0.0329. The van der Waals surface area contributed by atoms with Gasteiger partial charge in [0.25, 0.3) is 5.91 Å². The van der Waals surface area contributed by atoms with Crippen LogP contribution < -0.4 is 0 Å². The molecule has 0 saturated heterocycles. The maximum Gasteiger partial charge on any atom is 0.307 e. The van der Waals surface area contributed by atoms with Crippen molar-refractivity contribution in [2.75, 3.05) is 33.9 Å². The molecule has 0 aliphatic heterocycles. The van der Waals surface area contributed by atoms with Gasteiger partial charge in [-0.25, -0.2) is 0 Å². The summed E-state index contributed by atoms with van der Waals surface area (Å²) in [6.07, 6.45) is 1.45. The summed E-state index contributed by atoms with van der Waals surface area (Å²) in [5.74, 6) is -0.687. The van der Waals surface area contributed by atoms with E-state index in [2.05, 4.69) is 4.74 Å². The number of ether oxygens (including phenoxy) is 2. The molecule has 7 heteroatoms. The fourth-order valence-electron chi connectivity index (χ4n) is 1.46. The molecule has 6 nitrogen and oxygen atoms in total. The van der Waals surface area contributed by atoms with Crippen molar-refractivity contribution in [2.24, 2.45) is 0 Å². The van der Waals surface area contributed by atoms with Crippen LogP contribution in [0.5, 0.6) is 0 Å². The van der Waals surface area contributed by atoms with Gasteiger partial charge in [0, 0.05) is 20.2 Å². The zero-order valence-corrected chi connectivity index (χ0v) is 11.6. The predicted octanol–water partition coefficient (Wildman–Crippen LogP) is 1.58. The Labute approximate surface area is 116 Å². The minimum Gasteiger partial charge on any atom is -0.469 e. The summed E-state index contributed by atoms with van der Waals surface area (Å²) in [4.78, 5) is 24.8. The second-order valence-corrected chi connectivity index (χ2v) is 4.06. The number of carbonyl (C=O) groups excluding carboxylic acids is 2. The molecule has 1 aromatic rings. The highest BCUT2D eigenvalue weighted by molar-refractivity contribution is 6.32. The minimum atomic E-state index is -0.381. The molecule has 0 N–H and O–H groups in total. The summed E-state index contributed by atoms with van der Waals surface area (Å²) < 4.78 is 14.4. The first-order valence-corrected chi connectivity index (χ1v) is 6.06. The highest BCUT2D eigenvalue weighted by Crippen LogP contribution is 2.18. The topological polar surface area (TPSA) is 69.0 Å². The van der Waals surface area contributed by atoms with E-state index in [0.29, 0.717) is 13.2 Å². The molecular weight excluding hydrogens is 274 g/mol. The van der Waals surface area contributed by atoms with E-state index >= 15 is 0 Å². The molecule has 1 heterocycles. The van der Waals surface area contributed by atoms with Crippen molar-refractivity contribution < 1.29 is 23.5 Å². The van der Waals surface area contributed by atoms with Crippen molar-refractivity contribution in [2.45, 2.75) is 6.42 Å². The second-order valence-electron chi connectivity index (χ2n) is 3.72. The molecule has 0 unspecified atom stereocenters. The highest BCUT2D eigenvalue weighted by atomic mass is 35.5. The maximum atomic E-state index is 12.2. The van der Waals surface area contributed by atoms with E-state index in [4.69, 9.17) is 20.8 Å². The van der Waals surface area contributed by atoms with Gasteiger partial charge in [0.2, 0.25) is 5.22 Å². The third-order valence-corrected chi connectivity index (χ3v) is 2.81. The van der Waals surface area contributed by atoms with Crippen molar-refractivity contribution in [3.05, 3.63) is 23.1 Å². The van der Waals surface area contributed by atoms with Gasteiger partial charge in [-0.2, -0.15) is 0 Å². The van der Waals surface area contributed by atoms with E-state index in [1.54, 1.807) is 0 Å². The van der Waals surface area contributed by atoms with Crippen LogP contribution in [-0.4, -0.2) is 50.7 Å². The quantitative estimate of drug-likeness (QED) is 0.713. The lowest BCUT2D eigenvalue weighted by atomic mass is 10.2. The van der Waals surface area contributed by atoms with Gasteiger partial charge >= 0.3 is 5.97 Å². The third kappa shape index (κ3) is 4.57. The van der Waals surface area contributed by atoms with Crippen LogP contribution in [-0.2, 0) is 14.3 Å². The first-order valence-electron chi connectivity index (χ1n) is 5.68. The molecule has 0 aromatic carbocycles. The third-order valence-electron chi connectivity index (χ3n) is 2.51. The smallest absolute Gasteiger partial charge is 0.307 e. The first kappa shape index (κ1) is 15.5. The molecular formula is C12H16ClNO5. The predicted molar refractivity (Wildman–Crippen MR) is 68.1 cm³/mol. The van der Waals surface area contributed by atoms with Crippen molar-refractivity contribution in [1.82, 2.24) is 4.90 Å². The van der Waals surface area contributed by atoms with Gasteiger partial charge in [-0.1, -0.05) is 0 Å². The standard InChI is InChI=1S/C12H16ClNO5/c1-17-8-6-14(5-3-10(15)18-2)12(16)9-4-7-19-11(9)13/h4,7H,3,5-6,8H2,1-2H3. The van der Waals surface area contributed by atoms with Crippen LogP contribution in [0, 0.1) is 0 Å². The van der Waals surface area contributed by atoms with E-state index in [9.17, 15) is 9.59 Å². The number of hydrogen-bond acceptors (Lipinski definition) is 5. The number of esters is 1. The van der Waals surface area contributed by atoms with Crippen molar-refractivity contribution >= 4 is 23.5 Å². The lowest BCUT2D eigenvalue weighted by Crippen LogP contribution is -2.35. The van der Waals surface area contributed by atoms with Gasteiger partial charge in [-0.15, -0.1) is 0 Å². The van der Waals surface area contributed by atoms with Gasteiger partial charge in [0.15, 0.2) is 0 Å². The van der Waals surface area contributed by atoms with Crippen molar-refractivity contribution in [3.63, 3.8) is 0 Å². The van der Waals surface area contributed by atoms with Crippen LogP contribution in [0.3, 0.4) is 0 Å². The number of methoxy groups -OCH3 is 2. The molecule has 106 valence electrons. The van der Waals surface area contributed by atoms with Crippen LogP contribution >= 0.6 is 11.6 Å². The van der Waals surface area contributed by atoms with Gasteiger partial charge in [0.1, 0.15) is 0 Å². The largest absolute Gasteiger partial charge is 0.469 e. The van der Waals surface area contributed by atoms with Gasteiger partial charge in [-0.3, -0.25) is 9.59 Å². The van der Waals surface area contributed by atoms with Crippen LogP contribution in [0.4, 0.5) is 0 Å². The number of amides is 1. The normalized spacial score (nSPS) is 10.3. The Kier molecular flexibility index (Phi) is 6.38. The zero-order valence-electron chi connectivity index (χ0n) is 10.8. The molecule has 0 atom stereocenters. The maximum absolute atomic E-state index is 12.2. The van der Waals surface area contributed by atoms with E-state index in [-0.39, 0.29) is 35.6 Å². The summed E-state index contributed by atoms with van der Waals surface area (Å²) in [6, 6.07) is 1.49. The van der Waals surface area contributed by atoms with Crippen LogP contribution in [0.25, 0.3) is 0 Å². The Morgan fingerprint density at radius 3 is 2.63 bits per heavy atom. The minimum absolute atomic E-state index is 0.0329. The molecule has 0 spiro atoms. The van der Waals surface area contributed by atoms with Gasteiger partial charge < -0.3 is 18.8 Å².